The minimum absolute atomic E-state index is 0.858. The molecule has 3 nitrogen and oxygen atoms in total. The number of pyridine rings is 1. The van der Waals surface area contributed by atoms with Crippen LogP contribution in [0.2, 0.25) is 0 Å². The highest BCUT2D eigenvalue weighted by Gasteiger charge is 2.19. The molecule has 1 aliphatic carbocycles. The average Bonchev–Trinajstić information content (AvgIpc) is 3.11. The summed E-state index contributed by atoms with van der Waals surface area (Å²) in [5.41, 5.74) is 6.71. The van der Waals surface area contributed by atoms with Gasteiger partial charge in [0.05, 0.1) is 13.2 Å². The second-order valence-corrected chi connectivity index (χ2v) is 7.46. The van der Waals surface area contributed by atoms with Crippen molar-refractivity contribution >= 4 is 28.0 Å². The van der Waals surface area contributed by atoms with Crippen LogP contribution in [0.5, 0.6) is 0 Å². The van der Waals surface area contributed by atoms with Crippen molar-refractivity contribution in [2.24, 2.45) is 0 Å². The van der Waals surface area contributed by atoms with Crippen molar-refractivity contribution in [3.63, 3.8) is 0 Å². The van der Waals surface area contributed by atoms with Gasteiger partial charge in [-0.05, 0) is 51.8 Å². The zero-order valence-corrected chi connectivity index (χ0v) is 16.0. The summed E-state index contributed by atoms with van der Waals surface area (Å²) in [4.78, 5) is 6.76. The van der Waals surface area contributed by atoms with Crippen molar-refractivity contribution in [1.82, 2.24) is 9.88 Å². The highest BCUT2D eigenvalue weighted by Crippen LogP contribution is 2.38. The van der Waals surface area contributed by atoms with E-state index in [0.717, 1.165) is 39.3 Å². The summed E-state index contributed by atoms with van der Waals surface area (Å²) < 4.78 is 5.48. The van der Waals surface area contributed by atoms with Crippen molar-refractivity contribution < 1.29 is 4.74 Å². The van der Waals surface area contributed by atoms with Gasteiger partial charge in [-0.25, -0.2) is 0 Å². The van der Waals surface area contributed by atoms with Crippen LogP contribution in [0, 0.1) is 0 Å². The fraction of sp³-hybridized carbons (Fsp3) is 0.240. The number of nitrogens with zero attached hydrogens (tertiary/aromatic N) is 2. The van der Waals surface area contributed by atoms with Gasteiger partial charge in [0.25, 0.3) is 0 Å². The van der Waals surface area contributed by atoms with Crippen LogP contribution in [-0.4, -0.2) is 42.7 Å². The maximum atomic E-state index is 5.48. The third-order valence-corrected chi connectivity index (χ3v) is 5.74. The normalized spacial score (nSPS) is 18.4. The number of ether oxygens (including phenoxy) is 1. The first-order valence-corrected chi connectivity index (χ1v) is 10.0. The Morgan fingerprint density at radius 2 is 1.82 bits per heavy atom. The van der Waals surface area contributed by atoms with Gasteiger partial charge in [0.15, 0.2) is 0 Å². The number of fused-ring (bicyclic) bond motifs is 2. The molecule has 0 spiro atoms. The standard InChI is InChI=1S/C25H24N2O/c1-2-7-25-22(16-19-4-3-5-21-18-26-10-8-23(19)21)17-20(24(25)6-1)9-11-27-12-14-28-15-13-27/h1-8,10,16-18H,9,11-15H2. The van der Waals surface area contributed by atoms with E-state index in [1.54, 1.807) is 0 Å². The molecule has 28 heavy (non-hydrogen) atoms. The van der Waals surface area contributed by atoms with Crippen LogP contribution in [0.15, 0.2) is 67.0 Å². The van der Waals surface area contributed by atoms with Crippen LogP contribution in [-0.2, 0) is 4.74 Å². The molecule has 0 radical (unpaired) electrons. The predicted molar refractivity (Wildman–Crippen MR) is 116 cm³/mol. The number of morpholine rings is 1. The Morgan fingerprint density at radius 3 is 2.71 bits per heavy atom. The molecule has 140 valence electrons. The number of aromatic nitrogens is 1. The van der Waals surface area contributed by atoms with Gasteiger partial charge in [0.1, 0.15) is 0 Å². The molecule has 0 saturated carbocycles. The molecular weight excluding hydrogens is 344 g/mol. The van der Waals surface area contributed by atoms with E-state index in [4.69, 9.17) is 4.74 Å². The SMILES string of the molecule is C(=C1C=C(CCN2CCOCC2)c2ccccc21)c1cccc2cnccc12. The lowest BCUT2D eigenvalue weighted by Crippen LogP contribution is -2.36. The molecule has 2 heterocycles. The monoisotopic (exact) mass is 368 g/mol. The van der Waals surface area contributed by atoms with Crippen molar-refractivity contribution in [3.05, 3.63) is 83.7 Å². The average molecular weight is 368 g/mol. The molecule has 0 N–H and O–H groups in total. The zero-order valence-electron chi connectivity index (χ0n) is 16.0. The lowest BCUT2D eigenvalue weighted by atomic mass is 10.00. The third-order valence-electron chi connectivity index (χ3n) is 5.74. The molecule has 2 aromatic carbocycles. The molecule has 0 amide bonds. The van der Waals surface area contributed by atoms with Crippen LogP contribution in [0.3, 0.4) is 0 Å². The lowest BCUT2D eigenvalue weighted by molar-refractivity contribution is 0.0390. The minimum atomic E-state index is 0.858. The van der Waals surface area contributed by atoms with E-state index in [1.165, 1.54) is 38.6 Å². The summed E-state index contributed by atoms with van der Waals surface area (Å²) in [5, 5.41) is 2.43. The topological polar surface area (TPSA) is 25.4 Å². The number of allylic oxidation sites excluding steroid dienone is 2. The zero-order chi connectivity index (χ0) is 18.8. The van der Waals surface area contributed by atoms with Crippen molar-refractivity contribution in [2.75, 3.05) is 32.8 Å². The minimum Gasteiger partial charge on any atom is -0.379 e. The Bertz CT molecular complexity index is 1060. The van der Waals surface area contributed by atoms with E-state index < -0.39 is 0 Å². The molecule has 0 atom stereocenters. The fourth-order valence-electron chi connectivity index (χ4n) is 4.23. The first-order chi connectivity index (χ1) is 13.9. The van der Waals surface area contributed by atoms with Crippen molar-refractivity contribution in [2.45, 2.75) is 6.42 Å². The van der Waals surface area contributed by atoms with Gasteiger partial charge in [0, 0.05) is 37.4 Å². The molecule has 3 heteroatoms. The van der Waals surface area contributed by atoms with Crippen LogP contribution >= 0.6 is 0 Å². The Kier molecular flexibility index (Phi) is 4.78. The van der Waals surface area contributed by atoms with E-state index in [2.05, 4.69) is 70.6 Å². The summed E-state index contributed by atoms with van der Waals surface area (Å²) in [6.45, 7) is 4.90. The van der Waals surface area contributed by atoms with Gasteiger partial charge in [0.2, 0.25) is 0 Å². The van der Waals surface area contributed by atoms with Gasteiger partial charge >= 0.3 is 0 Å². The molecule has 1 saturated heterocycles. The lowest BCUT2D eigenvalue weighted by Gasteiger charge is -2.26. The van der Waals surface area contributed by atoms with Gasteiger partial charge in [-0.3, -0.25) is 9.88 Å². The molecule has 1 aliphatic heterocycles. The second-order valence-electron chi connectivity index (χ2n) is 7.46. The molecule has 0 unspecified atom stereocenters. The molecular formula is C25H24N2O. The fourth-order valence-corrected chi connectivity index (χ4v) is 4.23. The third kappa shape index (κ3) is 3.39. The summed E-state index contributed by atoms with van der Waals surface area (Å²) in [5.74, 6) is 0. The Morgan fingerprint density at radius 1 is 0.964 bits per heavy atom. The quantitative estimate of drug-likeness (QED) is 0.655. The number of hydrogen-bond acceptors (Lipinski definition) is 3. The highest BCUT2D eigenvalue weighted by molar-refractivity contribution is 6.04. The van der Waals surface area contributed by atoms with E-state index in [-0.39, 0.29) is 0 Å². The van der Waals surface area contributed by atoms with Gasteiger partial charge in [-0.1, -0.05) is 48.5 Å². The maximum absolute atomic E-state index is 5.48. The molecule has 3 aromatic rings. The van der Waals surface area contributed by atoms with Gasteiger partial charge < -0.3 is 4.74 Å². The molecule has 0 bridgehead atoms. The van der Waals surface area contributed by atoms with Crippen LogP contribution in [0.4, 0.5) is 0 Å². The van der Waals surface area contributed by atoms with Crippen molar-refractivity contribution in [1.29, 1.82) is 0 Å². The number of hydrogen-bond donors (Lipinski definition) is 0. The van der Waals surface area contributed by atoms with Crippen LogP contribution in [0.25, 0.3) is 28.0 Å². The highest BCUT2D eigenvalue weighted by atomic mass is 16.5. The molecule has 2 aliphatic rings. The molecule has 1 aromatic heterocycles. The number of benzene rings is 2. The Balaban J connectivity index is 1.48. The van der Waals surface area contributed by atoms with E-state index in [1.807, 2.05) is 12.4 Å². The Labute approximate surface area is 166 Å². The summed E-state index contributed by atoms with van der Waals surface area (Å²) in [7, 11) is 0. The van der Waals surface area contributed by atoms with E-state index in [9.17, 15) is 0 Å². The van der Waals surface area contributed by atoms with Crippen LogP contribution in [0.1, 0.15) is 23.1 Å². The van der Waals surface area contributed by atoms with Gasteiger partial charge in [-0.15, -0.1) is 0 Å². The Hall–Kier alpha value is -2.75. The van der Waals surface area contributed by atoms with E-state index >= 15 is 0 Å². The first kappa shape index (κ1) is 17.4. The molecule has 1 fully saturated rings. The first-order valence-electron chi connectivity index (χ1n) is 10.0. The maximum Gasteiger partial charge on any atom is 0.0594 e. The van der Waals surface area contributed by atoms with Gasteiger partial charge in [-0.2, -0.15) is 0 Å². The van der Waals surface area contributed by atoms with E-state index in [0.29, 0.717) is 0 Å². The summed E-state index contributed by atoms with van der Waals surface area (Å²) in [6, 6.07) is 17.3. The summed E-state index contributed by atoms with van der Waals surface area (Å²) >= 11 is 0. The largest absolute Gasteiger partial charge is 0.379 e. The smallest absolute Gasteiger partial charge is 0.0594 e. The second kappa shape index (κ2) is 7.70. The number of rotatable bonds is 4. The van der Waals surface area contributed by atoms with Crippen LogP contribution < -0.4 is 0 Å². The summed E-state index contributed by atoms with van der Waals surface area (Å²) in [6.07, 6.45) is 9.59. The predicted octanol–water partition coefficient (Wildman–Crippen LogP) is 4.89. The van der Waals surface area contributed by atoms with Crippen molar-refractivity contribution in [3.8, 4) is 0 Å². The molecule has 5 rings (SSSR count).